The van der Waals surface area contributed by atoms with E-state index in [1.54, 1.807) is 0 Å². The van der Waals surface area contributed by atoms with Crippen LogP contribution < -0.4 is 19.9 Å². The minimum Gasteiger partial charge on any atom is -0.478 e. The molecule has 0 aliphatic carbocycles. The van der Waals surface area contributed by atoms with Crippen molar-refractivity contribution in [1.82, 2.24) is 15.2 Å². The number of thiocarbonyl (C=S) groups is 1. The molecule has 0 radical (unpaired) electrons. The van der Waals surface area contributed by atoms with Gasteiger partial charge in [-0.25, -0.2) is 9.37 Å². The second kappa shape index (κ2) is 18.4. The molecule has 1 N–H and O–H groups in total. The Morgan fingerprint density at radius 2 is 1.77 bits per heavy atom. The van der Waals surface area contributed by atoms with Gasteiger partial charge < -0.3 is 29.3 Å². The molecule has 18 heteroatoms. The van der Waals surface area contributed by atoms with Crippen LogP contribution in [0.15, 0.2) is 24.4 Å². The number of nitrogens with one attached hydrogen (secondary N) is 1. The molecule has 2 saturated heterocycles. The molecule has 12 nitrogen and oxygen atoms in total. The van der Waals surface area contributed by atoms with E-state index in [4.69, 9.17) is 43.3 Å². The molecule has 3 amide bonds. The van der Waals surface area contributed by atoms with Crippen molar-refractivity contribution in [3.63, 3.8) is 0 Å². The van der Waals surface area contributed by atoms with Crippen LogP contribution in [0.2, 0.25) is 5.02 Å². The second-order valence-corrected chi connectivity index (χ2v) is 16.0. The number of carbonyl (C=O) groups is 3. The highest BCUT2D eigenvalue weighted by molar-refractivity contribution is 7.81. The summed E-state index contributed by atoms with van der Waals surface area (Å²) in [6, 6.07) is 3.93. The molecule has 0 spiro atoms. The Hall–Kier alpha value is -4.11. The van der Waals surface area contributed by atoms with Gasteiger partial charge in [0.2, 0.25) is 17.7 Å². The van der Waals surface area contributed by atoms with Crippen molar-refractivity contribution in [2.45, 2.75) is 97.4 Å². The molecule has 0 bridgehead atoms. The van der Waals surface area contributed by atoms with Crippen LogP contribution in [-0.2, 0) is 30.0 Å². The molecular formula is C38H47ClF4N6O6S. The van der Waals surface area contributed by atoms with Crippen LogP contribution in [-0.4, -0.2) is 89.9 Å². The first kappa shape index (κ1) is 44.6. The Morgan fingerprint density at radius 3 is 2.38 bits per heavy atom. The Morgan fingerprint density at radius 1 is 1.11 bits per heavy atom. The highest BCUT2D eigenvalue weighted by Crippen LogP contribution is 2.43. The van der Waals surface area contributed by atoms with E-state index in [0.717, 1.165) is 25.0 Å². The average molecular weight is 827 g/mol. The minimum atomic E-state index is -5.20. The molecule has 2 atom stereocenters. The van der Waals surface area contributed by atoms with Crippen molar-refractivity contribution in [2.75, 3.05) is 49.4 Å². The van der Waals surface area contributed by atoms with Crippen LogP contribution in [0.3, 0.4) is 0 Å². The third-order valence-corrected chi connectivity index (χ3v) is 10.2. The largest absolute Gasteiger partial charge is 0.478 e. The van der Waals surface area contributed by atoms with Gasteiger partial charge in [0.1, 0.15) is 23.8 Å². The molecule has 3 heterocycles. The van der Waals surface area contributed by atoms with Crippen molar-refractivity contribution < 1.29 is 46.2 Å². The SMILES string of the molecule is C[C@@H]1CCCN1C(=O)C(NC(=O)COCCCOCCCCOc1cc(Cl)c(N2C(=S)N(c3ccc(C#N)c(C(F)(F)F)c3F)C(=O)C2(C)C)cn1)C(C)(C)C. The van der Waals surface area contributed by atoms with E-state index in [2.05, 4.69) is 10.3 Å². The van der Waals surface area contributed by atoms with Crippen molar-refractivity contribution in [3.8, 4) is 11.9 Å². The summed E-state index contributed by atoms with van der Waals surface area (Å²) in [4.78, 5) is 47.2. The summed E-state index contributed by atoms with van der Waals surface area (Å²) in [6.07, 6.45) is -0.131. The van der Waals surface area contributed by atoms with Gasteiger partial charge in [0, 0.05) is 38.5 Å². The van der Waals surface area contributed by atoms with Gasteiger partial charge in [-0.3, -0.25) is 19.3 Å². The van der Waals surface area contributed by atoms with E-state index in [9.17, 15) is 27.6 Å². The normalized spacial score (nSPS) is 17.7. The molecule has 2 aliphatic rings. The number of hydrogen-bond donors (Lipinski definition) is 1. The van der Waals surface area contributed by atoms with Crippen LogP contribution in [0.1, 0.15) is 84.8 Å². The predicted molar refractivity (Wildman–Crippen MR) is 205 cm³/mol. The lowest BCUT2D eigenvalue weighted by molar-refractivity contribution is -0.141. The molecular weight excluding hydrogens is 780 g/mol. The molecule has 1 unspecified atom stereocenters. The number of carbonyl (C=O) groups excluding carboxylic acids is 3. The van der Waals surface area contributed by atoms with Crippen molar-refractivity contribution in [2.24, 2.45) is 5.41 Å². The van der Waals surface area contributed by atoms with Gasteiger partial charge in [0.15, 0.2) is 10.9 Å². The summed E-state index contributed by atoms with van der Waals surface area (Å²) in [5.41, 5.74) is -5.30. The zero-order valence-electron chi connectivity index (χ0n) is 32.2. The predicted octanol–water partition coefficient (Wildman–Crippen LogP) is 6.81. The van der Waals surface area contributed by atoms with Gasteiger partial charge in [-0.15, -0.1) is 0 Å². The number of nitrogens with zero attached hydrogens (tertiary/aromatic N) is 5. The van der Waals surface area contributed by atoms with Gasteiger partial charge in [-0.2, -0.15) is 18.4 Å². The Labute approximate surface area is 334 Å². The fourth-order valence-corrected chi connectivity index (χ4v) is 7.19. The number of nitriles is 1. The number of unbranched alkanes of at least 4 members (excludes halogenated alkanes) is 1. The number of hydrogen-bond acceptors (Lipinski definition) is 9. The summed E-state index contributed by atoms with van der Waals surface area (Å²) in [5.74, 6) is -2.86. The van der Waals surface area contributed by atoms with Crippen LogP contribution in [0.5, 0.6) is 5.88 Å². The summed E-state index contributed by atoms with van der Waals surface area (Å²) in [5, 5.41) is 11.7. The maximum absolute atomic E-state index is 15.3. The molecule has 1 aromatic heterocycles. The van der Waals surface area contributed by atoms with E-state index in [-0.39, 0.29) is 52.8 Å². The third kappa shape index (κ3) is 10.2. The van der Waals surface area contributed by atoms with Gasteiger partial charge in [0.25, 0.3) is 5.91 Å². The van der Waals surface area contributed by atoms with Gasteiger partial charge >= 0.3 is 6.18 Å². The first-order valence-electron chi connectivity index (χ1n) is 18.2. The minimum absolute atomic E-state index is 0.0646. The van der Waals surface area contributed by atoms with E-state index >= 15 is 4.39 Å². The van der Waals surface area contributed by atoms with Crippen molar-refractivity contribution in [1.29, 1.82) is 5.26 Å². The number of ether oxygens (including phenoxy) is 3. The summed E-state index contributed by atoms with van der Waals surface area (Å²) >= 11 is 12.0. The molecule has 2 aromatic rings. The Kier molecular flexibility index (Phi) is 14.7. The molecule has 0 saturated carbocycles. The van der Waals surface area contributed by atoms with Crippen molar-refractivity contribution in [3.05, 3.63) is 46.4 Å². The standard InChI is InChI=1S/C38H47ClF4N6O6S/c1-23-11-9-14-47(23)33(51)32(36(2,3)4)46-28(50)22-54-17-10-16-53-15-7-8-18-55-29-19-25(39)27(21-45-29)49-35(56)48(34(52)37(49,5)6)26-13-12-24(20-44)30(31(26)40)38(41,42)43/h12-13,19,21,23,32H,7-11,14-18,22H2,1-6H3,(H,46,50)/t23-,32?/m1/s1. The van der Waals surface area contributed by atoms with E-state index in [0.29, 0.717) is 50.5 Å². The van der Waals surface area contributed by atoms with Gasteiger partial charge in [-0.05, 0) is 82.6 Å². The average Bonchev–Trinajstić information content (AvgIpc) is 3.61. The zero-order chi connectivity index (χ0) is 41.6. The van der Waals surface area contributed by atoms with Crippen molar-refractivity contribution >= 4 is 58.0 Å². The van der Waals surface area contributed by atoms with Crippen LogP contribution in [0.4, 0.5) is 28.9 Å². The number of benzene rings is 1. The number of rotatable bonds is 16. The number of halogens is 5. The molecule has 2 aliphatic heterocycles. The van der Waals surface area contributed by atoms with Crippen LogP contribution in [0, 0.1) is 22.6 Å². The van der Waals surface area contributed by atoms with Crippen LogP contribution >= 0.6 is 23.8 Å². The second-order valence-electron chi connectivity index (χ2n) is 15.2. The lowest BCUT2D eigenvalue weighted by Crippen LogP contribution is -2.56. The third-order valence-electron chi connectivity index (χ3n) is 9.48. The molecule has 2 fully saturated rings. The van der Waals surface area contributed by atoms with E-state index in [1.807, 2.05) is 32.6 Å². The highest BCUT2D eigenvalue weighted by atomic mass is 35.5. The summed E-state index contributed by atoms with van der Waals surface area (Å²) < 4.78 is 73.2. The fourth-order valence-electron chi connectivity index (χ4n) is 6.46. The highest BCUT2D eigenvalue weighted by Gasteiger charge is 2.52. The number of pyridine rings is 1. The van der Waals surface area contributed by atoms with E-state index in [1.165, 1.54) is 37.1 Å². The fraction of sp³-hybridized carbons (Fsp3) is 0.579. The Bertz CT molecular complexity index is 1840. The lowest BCUT2D eigenvalue weighted by Gasteiger charge is -2.35. The molecule has 56 heavy (non-hydrogen) atoms. The van der Waals surface area contributed by atoms with E-state index < -0.39 is 51.7 Å². The maximum Gasteiger partial charge on any atom is 0.420 e. The molecule has 306 valence electrons. The lowest BCUT2D eigenvalue weighted by atomic mass is 9.85. The number of likely N-dealkylation sites (tertiary alicyclic amines) is 1. The van der Waals surface area contributed by atoms with Gasteiger partial charge in [0.05, 0.1) is 40.8 Å². The molecule has 4 rings (SSSR count). The van der Waals surface area contributed by atoms with Gasteiger partial charge in [-0.1, -0.05) is 32.4 Å². The smallest absolute Gasteiger partial charge is 0.420 e. The number of alkyl halides is 3. The summed E-state index contributed by atoms with van der Waals surface area (Å²) in [6.45, 7) is 12.7. The number of anilines is 2. The number of amides is 3. The topological polar surface area (TPSA) is 137 Å². The monoisotopic (exact) mass is 826 g/mol. The Balaban J connectivity index is 1.19. The quantitative estimate of drug-likeness (QED) is 0.109. The molecule has 1 aromatic carbocycles. The first-order valence-corrected chi connectivity index (χ1v) is 19.0. The van der Waals surface area contributed by atoms with Crippen LogP contribution in [0.25, 0.3) is 0 Å². The number of aromatic nitrogens is 1. The first-order chi connectivity index (χ1) is 26.2. The maximum atomic E-state index is 15.3. The summed E-state index contributed by atoms with van der Waals surface area (Å²) in [7, 11) is 0. The zero-order valence-corrected chi connectivity index (χ0v) is 33.8.